The molecule has 1 unspecified atom stereocenters. The van der Waals surface area contributed by atoms with Crippen LogP contribution in [0, 0.1) is 6.92 Å². The van der Waals surface area contributed by atoms with Gasteiger partial charge in [-0.15, -0.1) is 0 Å². The maximum absolute atomic E-state index is 6.55. The summed E-state index contributed by atoms with van der Waals surface area (Å²) in [5.41, 5.74) is 5.78. The summed E-state index contributed by atoms with van der Waals surface area (Å²) in [7, 11) is -2.84. The molecule has 3 heteroatoms. The first kappa shape index (κ1) is 28.3. The van der Waals surface area contributed by atoms with Gasteiger partial charge in [-0.2, -0.15) is 0 Å². The molecule has 4 aromatic carbocycles. The van der Waals surface area contributed by atoms with Crippen LogP contribution in [0.1, 0.15) is 48.6 Å². The van der Waals surface area contributed by atoms with Gasteiger partial charge >= 0.3 is 0 Å². The Morgan fingerprint density at radius 2 is 1.43 bits per heavy atom. The van der Waals surface area contributed by atoms with Crippen molar-refractivity contribution >= 4 is 37.1 Å². The molecule has 1 nitrogen and oxygen atoms in total. The van der Waals surface area contributed by atoms with Gasteiger partial charge in [0.2, 0.25) is 0 Å². The Hall–Kier alpha value is -3.19. The van der Waals surface area contributed by atoms with E-state index >= 15 is 0 Å². The first-order valence-corrected chi connectivity index (χ1v) is 18.7. The fourth-order valence-electron chi connectivity index (χ4n) is 5.99. The fourth-order valence-corrected chi connectivity index (χ4v) is 12.0. The molecule has 1 aliphatic carbocycles. The molecule has 0 fully saturated rings. The summed E-state index contributed by atoms with van der Waals surface area (Å²) in [5, 5.41) is 5.67. The van der Waals surface area contributed by atoms with E-state index < -0.39 is 16.0 Å². The highest BCUT2D eigenvalue weighted by Crippen LogP contribution is 2.56. The highest BCUT2D eigenvalue weighted by molar-refractivity contribution is 7.82. The van der Waals surface area contributed by atoms with Crippen molar-refractivity contribution < 1.29 is 4.74 Å². The molecule has 0 amide bonds. The molecule has 4 aromatic rings. The SMILES string of the molecule is C=CCOc1c(C(C)(C)C)cc(C)cc1[Si](C)(C)C1C=C(P(c2ccccc2)c2ccccc2)c2ccccc21. The van der Waals surface area contributed by atoms with Crippen LogP contribution in [0.5, 0.6) is 5.75 Å². The summed E-state index contributed by atoms with van der Waals surface area (Å²) >= 11 is 0. The molecular formula is C37H41OPSi. The summed E-state index contributed by atoms with van der Waals surface area (Å²) in [6, 6.07) is 36.0. The Morgan fingerprint density at radius 3 is 2.00 bits per heavy atom. The smallest absolute Gasteiger partial charge is 0.122 e. The van der Waals surface area contributed by atoms with Crippen molar-refractivity contribution in [3.05, 3.63) is 138 Å². The normalized spacial score (nSPS) is 15.1. The summed E-state index contributed by atoms with van der Waals surface area (Å²) < 4.78 is 6.55. The third-order valence-electron chi connectivity index (χ3n) is 8.02. The van der Waals surface area contributed by atoms with Crippen LogP contribution in [0.3, 0.4) is 0 Å². The number of aryl methyl sites for hydroxylation is 1. The standard InChI is InChI=1S/C37H41OPSi/c1-8-23-38-36-32(37(3,4)5)24-27(2)25-35(36)40(6,7)34-26-33(30-21-15-16-22-31(30)34)39(28-17-11-9-12-18-28)29-19-13-10-14-20-29/h8-22,24-26,34H,1,23H2,2-7H3. The number of rotatable bonds is 8. The van der Waals surface area contributed by atoms with Crippen molar-refractivity contribution in [2.45, 2.75) is 51.7 Å². The molecule has 0 N–H and O–H groups in total. The zero-order valence-corrected chi connectivity index (χ0v) is 26.6. The first-order valence-electron chi connectivity index (χ1n) is 14.2. The molecule has 0 radical (unpaired) electrons. The minimum atomic E-state index is -2.15. The minimum absolute atomic E-state index is 0.0225. The molecule has 0 aromatic heterocycles. The zero-order valence-electron chi connectivity index (χ0n) is 24.7. The second kappa shape index (κ2) is 11.4. The van der Waals surface area contributed by atoms with Gasteiger partial charge in [0.05, 0.1) is 8.07 Å². The Kier molecular flexibility index (Phi) is 8.05. The van der Waals surface area contributed by atoms with Crippen LogP contribution in [0.15, 0.2) is 116 Å². The third kappa shape index (κ3) is 5.40. The molecule has 0 bridgehead atoms. The molecule has 0 aliphatic heterocycles. The van der Waals surface area contributed by atoms with Gasteiger partial charge in [-0.25, -0.2) is 0 Å². The van der Waals surface area contributed by atoms with E-state index in [2.05, 4.69) is 151 Å². The van der Waals surface area contributed by atoms with E-state index in [4.69, 9.17) is 4.74 Å². The van der Waals surface area contributed by atoms with Gasteiger partial charge in [-0.3, -0.25) is 0 Å². The molecule has 0 spiro atoms. The van der Waals surface area contributed by atoms with E-state index in [1.165, 1.54) is 43.4 Å². The number of hydrogen-bond acceptors (Lipinski definition) is 1. The van der Waals surface area contributed by atoms with Crippen LogP contribution in [-0.2, 0) is 5.41 Å². The number of ether oxygens (including phenoxy) is 1. The minimum Gasteiger partial charge on any atom is -0.489 e. The van der Waals surface area contributed by atoms with E-state index in [9.17, 15) is 0 Å². The van der Waals surface area contributed by atoms with Gasteiger partial charge in [-0.05, 0) is 58.1 Å². The van der Waals surface area contributed by atoms with Gasteiger partial charge in [0.15, 0.2) is 0 Å². The lowest BCUT2D eigenvalue weighted by Crippen LogP contribution is -2.48. The highest BCUT2D eigenvalue weighted by atomic mass is 31.1. The van der Waals surface area contributed by atoms with Crippen molar-refractivity contribution in [2.24, 2.45) is 0 Å². The lowest BCUT2D eigenvalue weighted by atomic mass is 9.85. The van der Waals surface area contributed by atoms with Gasteiger partial charge in [-0.1, -0.05) is 155 Å². The summed E-state index contributed by atoms with van der Waals surface area (Å²) in [6.45, 7) is 18.6. The average Bonchev–Trinajstić information content (AvgIpc) is 3.33. The molecule has 5 rings (SSSR count). The largest absolute Gasteiger partial charge is 0.489 e. The highest BCUT2D eigenvalue weighted by Gasteiger charge is 2.42. The second-order valence-electron chi connectivity index (χ2n) is 12.4. The van der Waals surface area contributed by atoms with Crippen LogP contribution < -0.4 is 20.5 Å². The molecule has 40 heavy (non-hydrogen) atoms. The number of fused-ring (bicyclic) bond motifs is 1. The predicted molar refractivity (Wildman–Crippen MR) is 179 cm³/mol. The Bertz CT molecular complexity index is 1490. The fraction of sp³-hybridized carbons (Fsp3) is 0.243. The molecule has 204 valence electrons. The molecule has 1 atom stereocenters. The number of allylic oxidation sites excluding steroid dienone is 1. The van der Waals surface area contributed by atoms with E-state index in [-0.39, 0.29) is 5.41 Å². The van der Waals surface area contributed by atoms with Crippen LogP contribution >= 0.6 is 7.92 Å². The molecular weight excluding hydrogens is 519 g/mol. The number of hydrogen-bond donors (Lipinski definition) is 0. The van der Waals surface area contributed by atoms with Crippen LogP contribution in [0.2, 0.25) is 13.1 Å². The lowest BCUT2D eigenvalue weighted by Gasteiger charge is -2.35. The molecule has 1 aliphatic rings. The van der Waals surface area contributed by atoms with Crippen molar-refractivity contribution in [3.63, 3.8) is 0 Å². The zero-order chi connectivity index (χ0) is 28.5. The van der Waals surface area contributed by atoms with Gasteiger partial charge in [0.25, 0.3) is 0 Å². The van der Waals surface area contributed by atoms with E-state index in [0.717, 1.165) is 5.75 Å². The lowest BCUT2D eigenvalue weighted by molar-refractivity contribution is 0.353. The number of benzene rings is 4. The van der Waals surface area contributed by atoms with E-state index in [0.29, 0.717) is 12.1 Å². The van der Waals surface area contributed by atoms with Crippen LogP contribution in [-0.4, -0.2) is 14.7 Å². The van der Waals surface area contributed by atoms with Crippen molar-refractivity contribution in [3.8, 4) is 5.75 Å². The van der Waals surface area contributed by atoms with Crippen molar-refractivity contribution in [1.29, 1.82) is 0 Å². The summed E-state index contributed by atoms with van der Waals surface area (Å²) in [6.07, 6.45) is 4.50. The quantitative estimate of drug-likeness (QED) is 0.119. The maximum Gasteiger partial charge on any atom is 0.122 e. The first-order chi connectivity index (χ1) is 19.1. The molecule has 0 heterocycles. The molecule has 0 saturated heterocycles. The van der Waals surface area contributed by atoms with Crippen molar-refractivity contribution in [1.82, 2.24) is 0 Å². The predicted octanol–water partition coefficient (Wildman–Crippen LogP) is 8.58. The van der Waals surface area contributed by atoms with E-state index in [1.54, 1.807) is 0 Å². The van der Waals surface area contributed by atoms with Gasteiger partial charge < -0.3 is 4.74 Å². The van der Waals surface area contributed by atoms with Crippen molar-refractivity contribution in [2.75, 3.05) is 6.61 Å². The van der Waals surface area contributed by atoms with Crippen LogP contribution in [0.25, 0.3) is 5.31 Å². The summed E-state index contributed by atoms with van der Waals surface area (Å²) in [5.74, 6) is 1.07. The Labute approximate surface area is 243 Å². The second-order valence-corrected chi connectivity index (χ2v) is 19.2. The molecule has 0 saturated carbocycles. The Morgan fingerprint density at radius 1 is 0.850 bits per heavy atom. The maximum atomic E-state index is 6.55. The van der Waals surface area contributed by atoms with Gasteiger partial charge in [0, 0.05) is 5.54 Å². The summed E-state index contributed by atoms with van der Waals surface area (Å²) in [4.78, 5) is 0. The average molecular weight is 561 g/mol. The van der Waals surface area contributed by atoms with Crippen LogP contribution in [0.4, 0.5) is 0 Å². The topological polar surface area (TPSA) is 9.23 Å². The third-order valence-corrected chi connectivity index (χ3v) is 14.3. The Balaban J connectivity index is 1.72. The van der Waals surface area contributed by atoms with E-state index in [1.807, 2.05) is 6.08 Å². The monoisotopic (exact) mass is 560 g/mol. The van der Waals surface area contributed by atoms with Gasteiger partial charge in [0.1, 0.15) is 12.4 Å².